The summed E-state index contributed by atoms with van der Waals surface area (Å²) in [6, 6.07) is 0. The monoisotopic (exact) mass is 722 g/mol. The molecule has 4 aliphatic carbocycles. The molecule has 4 aliphatic heterocycles. The van der Waals surface area contributed by atoms with Crippen molar-refractivity contribution in [3.8, 4) is 0 Å². The van der Waals surface area contributed by atoms with Crippen molar-refractivity contribution >= 4 is 0 Å². The van der Waals surface area contributed by atoms with Crippen molar-refractivity contribution in [1.82, 2.24) is 0 Å². The van der Waals surface area contributed by atoms with Crippen molar-refractivity contribution in [2.45, 2.75) is 172 Å². The zero-order chi connectivity index (χ0) is 36.2. The van der Waals surface area contributed by atoms with Crippen molar-refractivity contribution in [1.29, 1.82) is 0 Å². The Labute approximate surface area is 301 Å². The molecule has 12 heteroatoms. The first-order valence-electron chi connectivity index (χ1n) is 19.8. The predicted molar refractivity (Wildman–Crippen MR) is 182 cm³/mol. The molecule has 51 heavy (non-hydrogen) atoms. The van der Waals surface area contributed by atoms with E-state index in [0.717, 1.165) is 38.7 Å². The first kappa shape index (κ1) is 37.2. The van der Waals surface area contributed by atoms with Gasteiger partial charge in [-0.05, 0) is 98.7 Å². The number of hydrogen-bond acceptors (Lipinski definition) is 12. The van der Waals surface area contributed by atoms with Crippen molar-refractivity contribution in [3.05, 3.63) is 11.6 Å². The van der Waals surface area contributed by atoms with Gasteiger partial charge in [0.1, 0.15) is 42.7 Å². The van der Waals surface area contributed by atoms with E-state index in [2.05, 4.69) is 33.8 Å². The molecular weight excluding hydrogens is 660 g/mol. The highest BCUT2D eigenvalue weighted by molar-refractivity contribution is 5.26. The van der Waals surface area contributed by atoms with Gasteiger partial charge in [-0.2, -0.15) is 0 Å². The van der Waals surface area contributed by atoms with Crippen molar-refractivity contribution in [2.24, 2.45) is 46.3 Å². The Balaban J connectivity index is 0.964. The van der Waals surface area contributed by atoms with Gasteiger partial charge in [-0.1, -0.05) is 39.3 Å². The van der Waals surface area contributed by atoms with Gasteiger partial charge in [0.05, 0.1) is 31.5 Å². The molecule has 0 aromatic heterocycles. The molecule has 21 atom stereocenters. The van der Waals surface area contributed by atoms with E-state index >= 15 is 0 Å². The van der Waals surface area contributed by atoms with E-state index in [1.54, 1.807) is 0 Å². The summed E-state index contributed by atoms with van der Waals surface area (Å²) in [5.41, 5.74) is 1.70. The fourth-order valence-corrected chi connectivity index (χ4v) is 12.5. The van der Waals surface area contributed by atoms with E-state index in [9.17, 15) is 30.6 Å². The van der Waals surface area contributed by atoms with Gasteiger partial charge in [0.15, 0.2) is 18.4 Å². The normalized spacial score (nSPS) is 58.4. The lowest BCUT2D eigenvalue weighted by Crippen LogP contribution is -2.64. The van der Waals surface area contributed by atoms with Crippen molar-refractivity contribution < 1.29 is 59.1 Å². The van der Waals surface area contributed by atoms with Crippen LogP contribution in [0.5, 0.6) is 0 Å². The molecular formula is C39H62O12. The summed E-state index contributed by atoms with van der Waals surface area (Å²) in [4.78, 5) is 0. The van der Waals surface area contributed by atoms with Gasteiger partial charge in [-0.25, -0.2) is 0 Å². The van der Waals surface area contributed by atoms with E-state index in [-0.39, 0.29) is 23.0 Å². The fourth-order valence-electron chi connectivity index (χ4n) is 12.5. The average Bonchev–Trinajstić information content (AvgIpc) is 3.56. The molecule has 8 aliphatic rings. The topological polar surface area (TPSA) is 177 Å². The number of aliphatic hydroxyl groups is 6. The molecule has 6 N–H and O–H groups in total. The van der Waals surface area contributed by atoms with Crippen LogP contribution in [0.25, 0.3) is 0 Å². The summed E-state index contributed by atoms with van der Waals surface area (Å²) in [6.45, 7) is 11.5. The minimum atomic E-state index is -1.61. The second-order valence-electron chi connectivity index (χ2n) is 18.3. The third-order valence-electron chi connectivity index (χ3n) is 15.6. The van der Waals surface area contributed by atoms with Crippen LogP contribution >= 0.6 is 0 Å². The van der Waals surface area contributed by atoms with Crippen LogP contribution in [-0.2, 0) is 28.4 Å². The Hall–Kier alpha value is -0.740. The van der Waals surface area contributed by atoms with E-state index in [4.69, 9.17) is 28.4 Å². The van der Waals surface area contributed by atoms with Crippen molar-refractivity contribution in [3.63, 3.8) is 0 Å². The maximum Gasteiger partial charge on any atom is 0.187 e. The molecule has 0 bridgehead atoms. The van der Waals surface area contributed by atoms with Gasteiger partial charge < -0.3 is 59.1 Å². The van der Waals surface area contributed by atoms with Crippen LogP contribution < -0.4 is 0 Å². The lowest BCUT2D eigenvalue weighted by molar-refractivity contribution is -0.369. The van der Waals surface area contributed by atoms with Gasteiger partial charge in [-0.15, -0.1) is 0 Å². The molecule has 3 saturated carbocycles. The molecule has 4 saturated heterocycles. The summed E-state index contributed by atoms with van der Waals surface area (Å²) < 4.78 is 37.6. The first-order valence-corrected chi connectivity index (χ1v) is 19.8. The molecule has 0 amide bonds. The molecule has 290 valence electrons. The number of rotatable bonds is 5. The zero-order valence-corrected chi connectivity index (χ0v) is 30.9. The highest BCUT2D eigenvalue weighted by Gasteiger charge is 2.68. The number of aliphatic hydroxyl groups excluding tert-OH is 6. The van der Waals surface area contributed by atoms with Gasteiger partial charge in [-0.3, -0.25) is 0 Å². The molecule has 12 nitrogen and oxygen atoms in total. The largest absolute Gasteiger partial charge is 0.394 e. The van der Waals surface area contributed by atoms with Gasteiger partial charge in [0, 0.05) is 12.3 Å². The van der Waals surface area contributed by atoms with E-state index in [0.29, 0.717) is 41.9 Å². The van der Waals surface area contributed by atoms with E-state index < -0.39 is 73.8 Å². The fraction of sp³-hybridized carbons (Fsp3) is 0.949. The molecule has 0 radical (unpaired) electrons. The molecule has 0 aromatic rings. The van der Waals surface area contributed by atoms with Crippen LogP contribution in [0.2, 0.25) is 0 Å². The predicted octanol–water partition coefficient (Wildman–Crippen LogP) is 2.39. The van der Waals surface area contributed by atoms with Crippen molar-refractivity contribution in [2.75, 3.05) is 13.2 Å². The maximum atomic E-state index is 11.1. The average molecular weight is 723 g/mol. The highest BCUT2D eigenvalue weighted by atomic mass is 16.8. The van der Waals surface area contributed by atoms with Crippen LogP contribution in [0.1, 0.15) is 92.4 Å². The summed E-state index contributed by atoms with van der Waals surface area (Å²) in [7, 11) is 0. The van der Waals surface area contributed by atoms with Gasteiger partial charge >= 0.3 is 0 Å². The molecule has 4 heterocycles. The highest BCUT2D eigenvalue weighted by Crippen LogP contribution is 2.70. The summed E-state index contributed by atoms with van der Waals surface area (Å²) in [5.74, 6) is 2.92. The number of allylic oxidation sites excluding steroid dienone is 1. The van der Waals surface area contributed by atoms with Gasteiger partial charge in [0.2, 0.25) is 0 Å². The SMILES string of the molecule is CC1CC[C@@]2(OC1)OC1CC3C4CC=C5CC(OC6OC(CO)C(O)C(O)C6OC6OC(C)C(O)C(O)C6O)CC[C@]5(C)C4CC[C@]3(C)C1C2C. The molecule has 7 fully saturated rings. The summed E-state index contributed by atoms with van der Waals surface area (Å²) in [6.07, 6.45) is -1.68. The Kier molecular flexibility index (Phi) is 9.83. The maximum absolute atomic E-state index is 11.1. The molecule has 8 rings (SSSR count). The molecule has 0 aromatic carbocycles. The standard InChI is InChI=1S/C39H62O12/c1-18-8-13-39(46-17-18)19(2)28-26(51-39)15-25-23-7-6-21-14-22(9-11-37(21,4)24(23)10-12-38(25,28)5)48-36-34(32(44)30(42)27(16-40)49-36)50-35-33(45)31(43)29(41)20(3)47-35/h6,18-20,22-36,40-45H,7-17H2,1-5H3/t18?,19?,20?,22?,23?,24?,25?,26?,27?,28?,29?,30?,31?,32?,33?,34?,35?,36?,37-,38-,39+/m0/s1. The lowest BCUT2D eigenvalue weighted by Gasteiger charge is -2.58. The Morgan fingerprint density at radius 1 is 0.824 bits per heavy atom. The van der Waals surface area contributed by atoms with Crippen LogP contribution in [0.15, 0.2) is 11.6 Å². The van der Waals surface area contributed by atoms with Crippen LogP contribution in [-0.4, -0.2) is 123 Å². The van der Waals surface area contributed by atoms with Crippen LogP contribution in [0, 0.1) is 46.3 Å². The summed E-state index contributed by atoms with van der Waals surface area (Å²) >= 11 is 0. The third kappa shape index (κ3) is 5.84. The van der Waals surface area contributed by atoms with Crippen LogP contribution in [0.4, 0.5) is 0 Å². The zero-order valence-electron chi connectivity index (χ0n) is 30.9. The lowest BCUT2D eigenvalue weighted by atomic mass is 9.47. The minimum absolute atomic E-state index is 0.0535. The molecule has 18 unspecified atom stereocenters. The quantitative estimate of drug-likeness (QED) is 0.229. The first-order chi connectivity index (χ1) is 24.2. The summed E-state index contributed by atoms with van der Waals surface area (Å²) in [5, 5.41) is 62.9. The minimum Gasteiger partial charge on any atom is -0.394 e. The van der Waals surface area contributed by atoms with Crippen LogP contribution in [0.3, 0.4) is 0 Å². The Morgan fingerprint density at radius 3 is 2.33 bits per heavy atom. The Morgan fingerprint density at radius 2 is 1.61 bits per heavy atom. The second-order valence-corrected chi connectivity index (χ2v) is 18.3. The third-order valence-corrected chi connectivity index (χ3v) is 15.6. The van der Waals surface area contributed by atoms with E-state index in [1.807, 2.05) is 0 Å². The van der Waals surface area contributed by atoms with Gasteiger partial charge in [0.25, 0.3) is 0 Å². The number of hydrogen-bond donors (Lipinski definition) is 6. The number of ether oxygens (including phenoxy) is 6. The molecule has 1 spiro atoms. The van der Waals surface area contributed by atoms with E-state index in [1.165, 1.54) is 31.8 Å². The number of fused-ring (bicyclic) bond motifs is 7. The second kappa shape index (κ2) is 13.5. The Bertz CT molecular complexity index is 1300. The smallest absolute Gasteiger partial charge is 0.187 e.